The molecule has 1 saturated carbocycles. The van der Waals surface area contributed by atoms with Crippen LogP contribution in [0.25, 0.3) is 6.08 Å². The number of aliphatic carboxylic acids is 1. The molecule has 0 bridgehead atoms. The Hall–Kier alpha value is -1.81. The van der Waals surface area contributed by atoms with E-state index in [1.165, 1.54) is 12.8 Å². The van der Waals surface area contributed by atoms with E-state index in [-0.39, 0.29) is 0 Å². The fraction of sp³-hybridized carbons (Fsp3) is 0.438. The van der Waals surface area contributed by atoms with Gasteiger partial charge in [-0.3, -0.25) is 0 Å². The van der Waals surface area contributed by atoms with E-state index in [0.717, 1.165) is 36.3 Å². The molecule has 0 amide bonds. The van der Waals surface area contributed by atoms with Crippen LogP contribution in [0.4, 0.5) is 0 Å². The minimum Gasteiger partial charge on any atom is -0.491 e. The Morgan fingerprint density at radius 3 is 2.90 bits per heavy atom. The van der Waals surface area contributed by atoms with Crippen LogP contribution in [-0.4, -0.2) is 30.9 Å². The van der Waals surface area contributed by atoms with Gasteiger partial charge in [-0.25, -0.2) is 4.79 Å². The normalized spacial score (nSPS) is 14.6. The minimum atomic E-state index is -0.958. The molecule has 1 aromatic rings. The van der Waals surface area contributed by atoms with Crippen molar-refractivity contribution < 1.29 is 19.4 Å². The molecule has 1 aromatic carbocycles. The highest BCUT2D eigenvalue weighted by atomic mass is 16.5. The monoisotopic (exact) mass is 276 g/mol. The zero-order chi connectivity index (χ0) is 14.2. The number of rotatable bonds is 9. The molecule has 0 aromatic heterocycles. The highest BCUT2D eigenvalue weighted by molar-refractivity contribution is 5.85. The van der Waals surface area contributed by atoms with Crippen molar-refractivity contribution in [3.8, 4) is 5.75 Å². The van der Waals surface area contributed by atoms with Crippen molar-refractivity contribution in [3.63, 3.8) is 0 Å². The molecule has 2 rings (SSSR count). The van der Waals surface area contributed by atoms with Crippen LogP contribution < -0.4 is 4.74 Å². The van der Waals surface area contributed by atoms with Gasteiger partial charge in [-0.1, -0.05) is 25.0 Å². The van der Waals surface area contributed by atoms with Gasteiger partial charge in [-0.15, -0.1) is 0 Å². The van der Waals surface area contributed by atoms with E-state index < -0.39 is 5.97 Å². The summed E-state index contributed by atoms with van der Waals surface area (Å²) in [7, 11) is 0. The van der Waals surface area contributed by atoms with Crippen LogP contribution in [0, 0.1) is 5.92 Å². The largest absolute Gasteiger partial charge is 0.491 e. The Morgan fingerprint density at radius 2 is 2.15 bits per heavy atom. The van der Waals surface area contributed by atoms with E-state index in [9.17, 15) is 4.79 Å². The fourth-order valence-corrected chi connectivity index (χ4v) is 1.85. The van der Waals surface area contributed by atoms with Gasteiger partial charge in [0.25, 0.3) is 0 Å². The molecule has 0 radical (unpaired) electrons. The van der Waals surface area contributed by atoms with Gasteiger partial charge in [0.05, 0.1) is 6.61 Å². The third-order valence-electron chi connectivity index (χ3n) is 3.14. The number of hydrogen-bond acceptors (Lipinski definition) is 3. The van der Waals surface area contributed by atoms with Crippen LogP contribution in [0.3, 0.4) is 0 Å². The van der Waals surface area contributed by atoms with Crippen molar-refractivity contribution in [1.29, 1.82) is 0 Å². The summed E-state index contributed by atoms with van der Waals surface area (Å²) in [4.78, 5) is 10.4. The van der Waals surface area contributed by atoms with Crippen LogP contribution in [-0.2, 0) is 9.53 Å². The Kier molecular flexibility index (Phi) is 5.62. The predicted octanol–water partition coefficient (Wildman–Crippen LogP) is 2.98. The summed E-state index contributed by atoms with van der Waals surface area (Å²) in [6.45, 7) is 1.91. The SMILES string of the molecule is O=C(O)/C=C/c1cccc(OCCOCCC2CC2)c1. The van der Waals surface area contributed by atoms with E-state index in [1.807, 2.05) is 24.3 Å². The second-order valence-electron chi connectivity index (χ2n) is 4.94. The van der Waals surface area contributed by atoms with Crippen LogP contribution in [0.2, 0.25) is 0 Å². The average molecular weight is 276 g/mol. The fourth-order valence-electron chi connectivity index (χ4n) is 1.85. The molecule has 0 spiro atoms. The van der Waals surface area contributed by atoms with Gasteiger partial charge in [0.15, 0.2) is 0 Å². The first-order chi connectivity index (χ1) is 9.74. The minimum absolute atomic E-state index is 0.511. The van der Waals surface area contributed by atoms with Crippen molar-refractivity contribution >= 4 is 12.0 Å². The van der Waals surface area contributed by atoms with E-state index >= 15 is 0 Å². The molecule has 0 heterocycles. The highest BCUT2D eigenvalue weighted by Crippen LogP contribution is 2.32. The second kappa shape index (κ2) is 7.70. The zero-order valence-corrected chi connectivity index (χ0v) is 11.5. The summed E-state index contributed by atoms with van der Waals surface area (Å²) >= 11 is 0. The molecule has 1 aliphatic rings. The lowest BCUT2D eigenvalue weighted by Gasteiger charge is -2.07. The van der Waals surface area contributed by atoms with E-state index in [2.05, 4.69) is 0 Å². The zero-order valence-electron chi connectivity index (χ0n) is 11.5. The standard InChI is InChI=1S/C16H20O4/c17-16(18)7-6-14-2-1-3-15(12-14)20-11-10-19-9-8-13-4-5-13/h1-3,6-7,12-13H,4-5,8-11H2,(H,17,18)/b7-6+. The van der Waals surface area contributed by atoms with E-state index in [0.29, 0.717) is 13.2 Å². The van der Waals surface area contributed by atoms with Gasteiger partial charge in [0.1, 0.15) is 12.4 Å². The third kappa shape index (κ3) is 5.89. The molecular formula is C16H20O4. The second-order valence-corrected chi connectivity index (χ2v) is 4.94. The van der Waals surface area contributed by atoms with Crippen LogP contribution in [0.5, 0.6) is 5.75 Å². The Balaban J connectivity index is 1.66. The number of carboxylic acids is 1. The quantitative estimate of drug-likeness (QED) is 0.556. The number of hydrogen-bond donors (Lipinski definition) is 1. The van der Waals surface area contributed by atoms with Crippen LogP contribution in [0.15, 0.2) is 30.3 Å². The van der Waals surface area contributed by atoms with Gasteiger partial charge in [-0.2, -0.15) is 0 Å². The lowest BCUT2D eigenvalue weighted by Crippen LogP contribution is -2.07. The number of benzene rings is 1. The highest BCUT2D eigenvalue weighted by Gasteiger charge is 2.20. The molecule has 4 heteroatoms. The molecule has 20 heavy (non-hydrogen) atoms. The van der Waals surface area contributed by atoms with Gasteiger partial charge in [-0.05, 0) is 36.1 Å². The lowest BCUT2D eigenvalue weighted by molar-refractivity contribution is -0.131. The molecule has 1 aliphatic carbocycles. The molecule has 1 fully saturated rings. The van der Waals surface area contributed by atoms with Gasteiger partial charge < -0.3 is 14.6 Å². The van der Waals surface area contributed by atoms with Gasteiger partial charge >= 0.3 is 5.97 Å². The summed E-state index contributed by atoms with van der Waals surface area (Å²) in [5.41, 5.74) is 0.805. The summed E-state index contributed by atoms with van der Waals surface area (Å²) in [5, 5.41) is 8.58. The summed E-state index contributed by atoms with van der Waals surface area (Å²) < 4.78 is 11.1. The van der Waals surface area contributed by atoms with Crippen molar-refractivity contribution in [1.82, 2.24) is 0 Å². The lowest BCUT2D eigenvalue weighted by atomic mass is 10.2. The molecule has 0 atom stereocenters. The summed E-state index contributed by atoms with van der Waals surface area (Å²) in [6, 6.07) is 7.33. The summed E-state index contributed by atoms with van der Waals surface area (Å²) in [6.07, 6.45) is 6.53. The maximum atomic E-state index is 10.4. The Bertz CT molecular complexity index is 463. The molecule has 108 valence electrons. The molecule has 0 saturated heterocycles. The topological polar surface area (TPSA) is 55.8 Å². The molecule has 4 nitrogen and oxygen atoms in total. The van der Waals surface area contributed by atoms with E-state index in [1.54, 1.807) is 6.08 Å². The Labute approximate surface area is 119 Å². The average Bonchev–Trinajstić information content (AvgIpc) is 3.25. The summed E-state index contributed by atoms with van der Waals surface area (Å²) in [5.74, 6) is 0.664. The van der Waals surface area contributed by atoms with Crippen molar-refractivity contribution in [3.05, 3.63) is 35.9 Å². The van der Waals surface area contributed by atoms with Gasteiger partial charge in [0, 0.05) is 12.7 Å². The first-order valence-electron chi connectivity index (χ1n) is 6.95. The van der Waals surface area contributed by atoms with Crippen molar-refractivity contribution in [2.45, 2.75) is 19.3 Å². The van der Waals surface area contributed by atoms with E-state index in [4.69, 9.17) is 14.6 Å². The molecule has 0 aliphatic heterocycles. The third-order valence-corrected chi connectivity index (χ3v) is 3.14. The first kappa shape index (κ1) is 14.6. The number of carboxylic acid groups (broad SMARTS) is 1. The van der Waals surface area contributed by atoms with Crippen molar-refractivity contribution in [2.24, 2.45) is 5.92 Å². The van der Waals surface area contributed by atoms with Crippen LogP contribution >= 0.6 is 0 Å². The maximum absolute atomic E-state index is 10.4. The van der Waals surface area contributed by atoms with Crippen molar-refractivity contribution in [2.75, 3.05) is 19.8 Å². The smallest absolute Gasteiger partial charge is 0.328 e. The maximum Gasteiger partial charge on any atom is 0.328 e. The Morgan fingerprint density at radius 1 is 1.30 bits per heavy atom. The molecule has 0 unspecified atom stereocenters. The molecule has 1 N–H and O–H groups in total. The molecular weight excluding hydrogens is 256 g/mol. The van der Waals surface area contributed by atoms with Gasteiger partial charge in [0.2, 0.25) is 0 Å². The number of ether oxygens (including phenoxy) is 2. The van der Waals surface area contributed by atoms with Crippen LogP contribution in [0.1, 0.15) is 24.8 Å². The number of carbonyl (C=O) groups is 1. The first-order valence-corrected chi connectivity index (χ1v) is 6.95. The predicted molar refractivity (Wildman–Crippen MR) is 76.8 cm³/mol.